The van der Waals surface area contributed by atoms with Crippen molar-refractivity contribution in [3.63, 3.8) is 0 Å². The first-order valence-electron chi connectivity index (χ1n) is 10.5. The van der Waals surface area contributed by atoms with Crippen LogP contribution in [-0.2, 0) is 16.0 Å². The number of hydrogen-bond donors (Lipinski definition) is 0. The highest BCUT2D eigenvalue weighted by Gasteiger charge is 2.39. The maximum atomic E-state index is 13.5. The minimum Gasteiger partial charge on any atom is -0.368 e. The monoisotopic (exact) mass is 391 g/mol. The number of likely N-dealkylation sites (N-methyl/N-ethyl adjacent to an activating group) is 1. The molecule has 29 heavy (non-hydrogen) atoms. The molecule has 2 amide bonds. The van der Waals surface area contributed by atoms with E-state index in [9.17, 15) is 9.59 Å². The van der Waals surface area contributed by atoms with E-state index in [-0.39, 0.29) is 11.8 Å². The molecule has 0 radical (unpaired) electrons. The molecule has 5 nitrogen and oxygen atoms in total. The zero-order chi connectivity index (χ0) is 20.5. The Morgan fingerprint density at radius 3 is 2.45 bits per heavy atom. The fourth-order valence-corrected chi connectivity index (χ4v) is 4.58. The molecular formula is C24H29N3O2. The van der Waals surface area contributed by atoms with Crippen LogP contribution < -0.4 is 4.90 Å². The molecule has 2 aromatic rings. The Bertz CT molecular complexity index is 931. The standard InChI is InChI=1S/C24H29N3O2/c1-4-27-22(28)16-19-9-5-6-10-20(19)23(27)24(29)26-14-12-25(13-15-26)21-11-7-8-17(2)18(21)3/h5-11,23H,4,12-16H2,1-3H3/t23-/m0/s1. The van der Waals surface area contributed by atoms with E-state index in [0.717, 1.165) is 24.2 Å². The number of carbonyl (C=O) groups excluding carboxylic acids is 2. The number of hydrogen-bond acceptors (Lipinski definition) is 3. The van der Waals surface area contributed by atoms with Crippen LogP contribution in [0, 0.1) is 13.8 Å². The van der Waals surface area contributed by atoms with E-state index in [0.29, 0.717) is 26.1 Å². The summed E-state index contributed by atoms with van der Waals surface area (Å²) < 4.78 is 0. The molecule has 152 valence electrons. The molecule has 2 heterocycles. The molecule has 1 atom stereocenters. The normalized spacial score (nSPS) is 19.3. The minimum atomic E-state index is -0.496. The zero-order valence-corrected chi connectivity index (χ0v) is 17.5. The predicted molar refractivity (Wildman–Crippen MR) is 115 cm³/mol. The lowest BCUT2D eigenvalue weighted by Crippen LogP contribution is -2.54. The third-order valence-corrected chi connectivity index (χ3v) is 6.41. The molecule has 2 aliphatic heterocycles. The quantitative estimate of drug-likeness (QED) is 0.808. The van der Waals surface area contributed by atoms with Crippen molar-refractivity contribution >= 4 is 17.5 Å². The second-order valence-electron chi connectivity index (χ2n) is 7.99. The smallest absolute Gasteiger partial charge is 0.250 e. The second-order valence-corrected chi connectivity index (χ2v) is 7.99. The maximum absolute atomic E-state index is 13.5. The van der Waals surface area contributed by atoms with Crippen LogP contribution in [0.25, 0.3) is 0 Å². The van der Waals surface area contributed by atoms with Crippen molar-refractivity contribution in [2.24, 2.45) is 0 Å². The fraction of sp³-hybridized carbons (Fsp3) is 0.417. The van der Waals surface area contributed by atoms with Crippen molar-refractivity contribution in [3.05, 3.63) is 64.7 Å². The van der Waals surface area contributed by atoms with Gasteiger partial charge >= 0.3 is 0 Å². The van der Waals surface area contributed by atoms with Crippen molar-refractivity contribution < 1.29 is 9.59 Å². The van der Waals surface area contributed by atoms with Gasteiger partial charge in [-0.15, -0.1) is 0 Å². The highest BCUT2D eigenvalue weighted by molar-refractivity contribution is 5.92. The van der Waals surface area contributed by atoms with Gasteiger partial charge < -0.3 is 14.7 Å². The SMILES string of the molecule is CCN1C(=O)Cc2ccccc2[C@H]1C(=O)N1CCN(c2cccc(C)c2C)CC1. The summed E-state index contributed by atoms with van der Waals surface area (Å²) in [5.74, 6) is 0.0894. The van der Waals surface area contributed by atoms with Crippen molar-refractivity contribution in [2.75, 3.05) is 37.6 Å². The highest BCUT2D eigenvalue weighted by atomic mass is 16.2. The summed E-state index contributed by atoms with van der Waals surface area (Å²) in [6.07, 6.45) is 0.383. The van der Waals surface area contributed by atoms with Crippen LogP contribution in [0.1, 0.15) is 35.2 Å². The molecule has 0 saturated carbocycles. The van der Waals surface area contributed by atoms with Crippen molar-refractivity contribution in [3.8, 4) is 0 Å². The third-order valence-electron chi connectivity index (χ3n) is 6.41. The lowest BCUT2D eigenvalue weighted by atomic mass is 9.91. The number of nitrogens with zero attached hydrogens (tertiary/aromatic N) is 3. The Morgan fingerprint density at radius 1 is 1.00 bits per heavy atom. The summed E-state index contributed by atoms with van der Waals surface area (Å²) in [7, 11) is 0. The molecule has 4 rings (SSSR count). The van der Waals surface area contributed by atoms with Crippen molar-refractivity contribution in [1.29, 1.82) is 0 Å². The van der Waals surface area contributed by atoms with Crippen molar-refractivity contribution in [1.82, 2.24) is 9.80 Å². The van der Waals surface area contributed by atoms with Crippen LogP contribution in [-0.4, -0.2) is 54.3 Å². The lowest BCUT2D eigenvalue weighted by molar-refractivity contribution is -0.147. The van der Waals surface area contributed by atoms with Gasteiger partial charge in [0.1, 0.15) is 6.04 Å². The van der Waals surface area contributed by atoms with Gasteiger partial charge in [0.25, 0.3) is 0 Å². The molecule has 2 aliphatic rings. The summed E-state index contributed by atoms with van der Waals surface area (Å²) in [5.41, 5.74) is 5.81. The predicted octanol–water partition coefficient (Wildman–Crippen LogP) is 3.10. The number of aryl methyl sites for hydroxylation is 1. The third kappa shape index (κ3) is 3.50. The molecular weight excluding hydrogens is 362 g/mol. The summed E-state index contributed by atoms with van der Waals surface area (Å²) in [4.78, 5) is 32.2. The van der Waals surface area contributed by atoms with E-state index in [1.165, 1.54) is 16.8 Å². The van der Waals surface area contributed by atoms with Gasteiger partial charge in [0, 0.05) is 38.4 Å². The average molecular weight is 392 g/mol. The topological polar surface area (TPSA) is 43.9 Å². The fourth-order valence-electron chi connectivity index (χ4n) is 4.58. The highest BCUT2D eigenvalue weighted by Crippen LogP contribution is 2.32. The number of carbonyl (C=O) groups is 2. The summed E-state index contributed by atoms with van der Waals surface area (Å²) in [6.45, 7) is 9.76. The van der Waals surface area contributed by atoms with Crippen LogP contribution >= 0.6 is 0 Å². The van der Waals surface area contributed by atoms with Crippen LogP contribution in [0.5, 0.6) is 0 Å². The van der Waals surface area contributed by atoms with Gasteiger partial charge in [0.05, 0.1) is 6.42 Å². The number of anilines is 1. The summed E-state index contributed by atoms with van der Waals surface area (Å²) in [5, 5.41) is 0. The number of rotatable bonds is 3. The number of amides is 2. The molecule has 0 N–H and O–H groups in total. The summed E-state index contributed by atoms with van der Waals surface area (Å²) >= 11 is 0. The molecule has 0 unspecified atom stereocenters. The lowest BCUT2D eigenvalue weighted by Gasteiger charge is -2.42. The first-order valence-corrected chi connectivity index (χ1v) is 10.5. The van der Waals surface area contributed by atoms with E-state index in [2.05, 4.69) is 36.9 Å². The number of benzene rings is 2. The molecule has 5 heteroatoms. The van der Waals surface area contributed by atoms with E-state index >= 15 is 0 Å². The number of fused-ring (bicyclic) bond motifs is 1. The van der Waals surface area contributed by atoms with Crippen molar-refractivity contribution in [2.45, 2.75) is 33.2 Å². The van der Waals surface area contributed by atoms with Crippen LogP contribution in [0.4, 0.5) is 5.69 Å². The largest absolute Gasteiger partial charge is 0.368 e. The first-order chi connectivity index (χ1) is 14.0. The molecule has 2 aromatic carbocycles. The molecule has 1 saturated heterocycles. The van der Waals surface area contributed by atoms with Crippen LogP contribution in [0.2, 0.25) is 0 Å². The van der Waals surface area contributed by atoms with Gasteiger partial charge in [0.15, 0.2) is 0 Å². The maximum Gasteiger partial charge on any atom is 0.250 e. The van der Waals surface area contributed by atoms with Gasteiger partial charge in [-0.05, 0) is 49.1 Å². The minimum absolute atomic E-state index is 0.0403. The number of piperazine rings is 1. The Labute approximate surface area is 172 Å². The van der Waals surface area contributed by atoms with Gasteiger partial charge in [-0.1, -0.05) is 36.4 Å². The summed E-state index contributed by atoms with van der Waals surface area (Å²) in [6, 6.07) is 13.8. The molecule has 0 aromatic heterocycles. The molecule has 1 fully saturated rings. The Morgan fingerprint density at radius 2 is 1.72 bits per heavy atom. The molecule has 0 spiro atoms. The van der Waals surface area contributed by atoms with Gasteiger partial charge in [0.2, 0.25) is 11.8 Å². The Hall–Kier alpha value is -2.82. The van der Waals surface area contributed by atoms with E-state index in [1.807, 2.05) is 36.1 Å². The van der Waals surface area contributed by atoms with E-state index in [1.54, 1.807) is 4.90 Å². The van der Waals surface area contributed by atoms with Gasteiger partial charge in [-0.3, -0.25) is 9.59 Å². The molecule has 0 bridgehead atoms. The van der Waals surface area contributed by atoms with Gasteiger partial charge in [-0.2, -0.15) is 0 Å². The van der Waals surface area contributed by atoms with E-state index in [4.69, 9.17) is 0 Å². The zero-order valence-electron chi connectivity index (χ0n) is 17.5. The first kappa shape index (κ1) is 19.5. The average Bonchev–Trinajstić information content (AvgIpc) is 2.74. The van der Waals surface area contributed by atoms with Crippen LogP contribution in [0.3, 0.4) is 0 Å². The van der Waals surface area contributed by atoms with E-state index < -0.39 is 6.04 Å². The Balaban J connectivity index is 1.53. The molecule has 0 aliphatic carbocycles. The van der Waals surface area contributed by atoms with Crippen LogP contribution in [0.15, 0.2) is 42.5 Å². The Kier molecular flexibility index (Phi) is 5.31. The second kappa shape index (κ2) is 7.90. The van der Waals surface area contributed by atoms with Gasteiger partial charge in [-0.25, -0.2) is 0 Å².